The molecular formula is C26H23N3O6S. The zero-order chi connectivity index (χ0) is 25.8. The normalized spacial score (nSPS) is 13.1. The molecule has 2 aromatic heterocycles. The van der Waals surface area contributed by atoms with Crippen LogP contribution in [0.5, 0.6) is 0 Å². The molecule has 0 saturated carbocycles. The Labute approximate surface area is 211 Å². The van der Waals surface area contributed by atoms with Crippen LogP contribution in [0.1, 0.15) is 53.2 Å². The number of non-ortho nitro benzene ring substituents is 1. The third-order valence-corrected chi connectivity index (χ3v) is 6.77. The first-order chi connectivity index (χ1) is 17.3. The topological polar surface area (TPSA) is 135 Å². The molecule has 36 heavy (non-hydrogen) atoms. The summed E-state index contributed by atoms with van der Waals surface area (Å²) in [5.74, 6) is -0.585. The average Bonchev–Trinajstić information content (AvgIpc) is 3.46. The predicted octanol–water partition coefficient (Wildman–Crippen LogP) is 5.91. The maximum atomic E-state index is 13.0. The van der Waals surface area contributed by atoms with Crippen LogP contribution in [0.3, 0.4) is 0 Å². The average molecular weight is 506 g/mol. The molecule has 184 valence electrons. The summed E-state index contributed by atoms with van der Waals surface area (Å²) in [4.78, 5) is 37.4. The monoisotopic (exact) mass is 505 g/mol. The number of anilines is 1. The number of fused-ring (bicyclic) bond motifs is 1. The Balaban J connectivity index is 1.59. The molecule has 0 aliphatic heterocycles. The number of nitrogens with zero attached hydrogens (tertiary/aromatic N) is 2. The van der Waals surface area contributed by atoms with E-state index in [9.17, 15) is 25.0 Å². The molecule has 0 saturated heterocycles. The zero-order valence-corrected chi connectivity index (χ0v) is 20.5. The van der Waals surface area contributed by atoms with Crippen LogP contribution in [0.2, 0.25) is 0 Å². The lowest BCUT2D eigenvalue weighted by Gasteiger charge is -2.14. The number of carbonyl (C=O) groups excluding carboxylic acids is 2. The molecule has 0 radical (unpaired) electrons. The SMILES string of the molecule is CC(C)OC(=O)c1c(NC(=O)/C(C#N)=C/c2ccc(-c3cccc([N+](=O)[O-])c3)o2)sc2c1CCCC2. The van der Waals surface area contributed by atoms with Gasteiger partial charge < -0.3 is 14.5 Å². The fourth-order valence-corrected chi connectivity index (χ4v) is 5.23. The zero-order valence-electron chi connectivity index (χ0n) is 19.7. The Hall–Kier alpha value is -4.23. The number of nitro benzene ring substituents is 1. The van der Waals surface area contributed by atoms with Gasteiger partial charge in [-0.3, -0.25) is 14.9 Å². The minimum atomic E-state index is -0.678. The van der Waals surface area contributed by atoms with Gasteiger partial charge >= 0.3 is 5.97 Å². The number of rotatable bonds is 7. The van der Waals surface area contributed by atoms with E-state index in [1.54, 1.807) is 38.1 Å². The molecule has 1 aromatic carbocycles. The van der Waals surface area contributed by atoms with Crippen molar-refractivity contribution in [1.29, 1.82) is 5.26 Å². The van der Waals surface area contributed by atoms with E-state index < -0.39 is 16.8 Å². The van der Waals surface area contributed by atoms with Gasteiger partial charge in [-0.2, -0.15) is 5.26 Å². The number of benzene rings is 1. The van der Waals surface area contributed by atoms with Gasteiger partial charge in [0.15, 0.2) is 0 Å². The molecule has 1 aliphatic carbocycles. The van der Waals surface area contributed by atoms with Crippen molar-refractivity contribution in [2.24, 2.45) is 0 Å². The number of carbonyl (C=O) groups is 2. The van der Waals surface area contributed by atoms with Crippen LogP contribution in [0.15, 0.2) is 46.4 Å². The summed E-state index contributed by atoms with van der Waals surface area (Å²) in [6, 6.07) is 11.0. The van der Waals surface area contributed by atoms with Crippen molar-refractivity contribution in [3.8, 4) is 17.4 Å². The van der Waals surface area contributed by atoms with Crippen LogP contribution < -0.4 is 5.32 Å². The lowest BCUT2D eigenvalue weighted by Crippen LogP contribution is -2.18. The van der Waals surface area contributed by atoms with Gasteiger partial charge in [0, 0.05) is 28.6 Å². The highest BCUT2D eigenvalue weighted by molar-refractivity contribution is 7.17. The van der Waals surface area contributed by atoms with Crippen molar-refractivity contribution in [3.05, 3.63) is 73.8 Å². The lowest BCUT2D eigenvalue weighted by atomic mass is 9.95. The first-order valence-corrected chi connectivity index (χ1v) is 12.2. The minimum Gasteiger partial charge on any atom is -0.459 e. The van der Waals surface area contributed by atoms with Crippen molar-refractivity contribution in [2.75, 3.05) is 5.32 Å². The predicted molar refractivity (Wildman–Crippen MR) is 135 cm³/mol. The first-order valence-electron chi connectivity index (χ1n) is 11.4. The van der Waals surface area contributed by atoms with Crippen LogP contribution in [0.25, 0.3) is 17.4 Å². The molecule has 4 rings (SSSR count). The third kappa shape index (κ3) is 5.37. The number of thiophene rings is 1. The summed E-state index contributed by atoms with van der Waals surface area (Å²) in [5, 5.41) is 23.8. The van der Waals surface area contributed by atoms with E-state index in [0.29, 0.717) is 21.9 Å². The molecule has 1 amide bonds. The number of hydrogen-bond donors (Lipinski definition) is 1. The number of furan rings is 1. The van der Waals surface area contributed by atoms with E-state index in [2.05, 4.69) is 5.32 Å². The van der Waals surface area contributed by atoms with Gasteiger partial charge in [-0.1, -0.05) is 12.1 Å². The van der Waals surface area contributed by atoms with Gasteiger partial charge in [0.25, 0.3) is 11.6 Å². The van der Waals surface area contributed by atoms with E-state index in [0.717, 1.165) is 36.1 Å². The number of ether oxygens (including phenoxy) is 1. The van der Waals surface area contributed by atoms with E-state index in [1.165, 1.54) is 29.5 Å². The van der Waals surface area contributed by atoms with Crippen LogP contribution in [-0.2, 0) is 22.4 Å². The molecular weight excluding hydrogens is 482 g/mol. The van der Waals surface area contributed by atoms with E-state index in [4.69, 9.17) is 9.15 Å². The first kappa shape index (κ1) is 24.9. The molecule has 0 bridgehead atoms. The second-order valence-electron chi connectivity index (χ2n) is 8.50. The van der Waals surface area contributed by atoms with E-state index in [1.807, 2.05) is 6.07 Å². The van der Waals surface area contributed by atoms with Gasteiger partial charge in [0.05, 0.1) is 16.6 Å². The Morgan fingerprint density at radius 3 is 2.75 bits per heavy atom. The molecule has 0 unspecified atom stereocenters. The fourth-order valence-electron chi connectivity index (χ4n) is 3.96. The fraction of sp³-hybridized carbons (Fsp3) is 0.269. The summed E-state index contributed by atoms with van der Waals surface area (Å²) in [6.45, 7) is 3.52. The van der Waals surface area contributed by atoms with Crippen LogP contribution in [0.4, 0.5) is 10.7 Å². The summed E-state index contributed by atoms with van der Waals surface area (Å²) in [5.41, 5.74) is 1.46. The maximum absolute atomic E-state index is 13.0. The lowest BCUT2D eigenvalue weighted by molar-refractivity contribution is -0.384. The van der Waals surface area contributed by atoms with Crippen molar-refractivity contribution >= 4 is 40.0 Å². The van der Waals surface area contributed by atoms with Crippen LogP contribution in [-0.4, -0.2) is 22.9 Å². The number of amides is 1. The Morgan fingerprint density at radius 1 is 1.25 bits per heavy atom. The standard InChI is InChI=1S/C26H23N3O6S/c1-15(2)34-26(31)23-20-8-3-4-9-22(20)36-25(23)28-24(30)17(14-27)13-19-10-11-21(35-19)16-6-5-7-18(12-16)29(32)33/h5-7,10-13,15H,3-4,8-9H2,1-2H3,(H,28,30)/b17-13+. The molecule has 1 N–H and O–H groups in total. The number of nitrogens with one attached hydrogen (secondary N) is 1. The highest BCUT2D eigenvalue weighted by Crippen LogP contribution is 2.39. The van der Waals surface area contributed by atoms with Crippen molar-refractivity contribution < 1.29 is 23.7 Å². The van der Waals surface area contributed by atoms with Crippen molar-refractivity contribution in [2.45, 2.75) is 45.6 Å². The summed E-state index contributed by atoms with van der Waals surface area (Å²) < 4.78 is 11.1. The Bertz CT molecular complexity index is 1410. The molecule has 0 spiro atoms. The quantitative estimate of drug-likeness (QED) is 0.139. The highest BCUT2D eigenvalue weighted by Gasteiger charge is 2.28. The molecule has 0 atom stereocenters. The summed E-state index contributed by atoms with van der Waals surface area (Å²) in [6.07, 6.45) is 4.50. The maximum Gasteiger partial charge on any atom is 0.341 e. The second-order valence-corrected chi connectivity index (χ2v) is 9.61. The molecule has 2 heterocycles. The van der Waals surface area contributed by atoms with Crippen LogP contribution in [0, 0.1) is 21.4 Å². The van der Waals surface area contributed by atoms with Gasteiger partial charge in [0.1, 0.15) is 28.2 Å². The van der Waals surface area contributed by atoms with Crippen LogP contribution >= 0.6 is 11.3 Å². The van der Waals surface area contributed by atoms with Gasteiger partial charge in [0.2, 0.25) is 0 Å². The second kappa shape index (κ2) is 10.6. The number of nitriles is 1. The largest absolute Gasteiger partial charge is 0.459 e. The smallest absolute Gasteiger partial charge is 0.341 e. The Morgan fingerprint density at radius 2 is 2.03 bits per heavy atom. The summed E-state index contributed by atoms with van der Waals surface area (Å²) >= 11 is 1.34. The molecule has 0 fully saturated rings. The number of esters is 1. The number of hydrogen-bond acceptors (Lipinski definition) is 8. The Kier molecular flexibility index (Phi) is 7.31. The molecule has 3 aromatic rings. The molecule has 1 aliphatic rings. The van der Waals surface area contributed by atoms with Crippen molar-refractivity contribution in [1.82, 2.24) is 0 Å². The highest BCUT2D eigenvalue weighted by atomic mass is 32.1. The van der Waals surface area contributed by atoms with Gasteiger partial charge in [-0.15, -0.1) is 11.3 Å². The van der Waals surface area contributed by atoms with E-state index >= 15 is 0 Å². The third-order valence-electron chi connectivity index (χ3n) is 5.57. The molecule has 10 heteroatoms. The van der Waals surface area contributed by atoms with Crippen molar-refractivity contribution in [3.63, 3.8) is 0 Å². The molecule has 9 nitrogen and oxygen atoms in total. The number of aryl methyl sites for hydroxylation is 1. The van der Waals surface area contributed by atoms with Gasteiger partial charge in [-0.05, 0) is 57.2 Å². The summed E-state index contributed by atoms with van der Waals surface area (Å²) in [7, 11) is 0. The van der Waals surface area contributed by atoms with Gasteiger partial charge in [-0.25, -0.2) is 4.79 Å². The minimum absolute atomic E-state index is 0.0801. The van der Waals surface area contributed by atoms with E-state index in [-0.39, 0.29) is 23.1 Å². The number of nitro groups is 1.